The Labute approximate surface area is 590 Å². The molecule has 4 aliphatic rings. The van der Waals surface area contributed by atoms with Crippen molar-refractivity contribution in [3.63, 3.8) is 0 Å². The maximum Gasteiger partial charge on any atom is 0.410 e. The molecule has 7 rings (SSSR count). The first-order valence-corrected chi connectivity index (χ1v) is 33.9. The van der Waals surface area contributed by atoms with Gasteiger partial charge in [-0.1, -0.05) is 91.0 Å². The third-order valence-corrected chi connectivity index (χ3v) is 17.3. The molecule has 2 aliphatic carbocycles. The van der Waals surface area contributed by atoms with Crippen LogP contribution in [0.4, 0.5) is 18.4 Å². The first-order chi connectivity index (χ1) is 47.0. The van der Waals surface area contributed by atoms with E-state index < -0.39 is 143 Å². The molecule has 0 radical (unpaired) electrons. The van der Waals surface area contributed by atoms with Crippen LogP contribution in [-0.4, -0.2) is 209 Å². The van der Waals surface area contributed by atoms with E-state index in [2.05, 4.69) is 0 Å². The van der Waals surface area contributed by atoms with Gasteiger partial charge in [0.25, 0.3) is 11.8 Å². The second-order valence-electron chi connectivity index (χ2n) is 29.2. The number of carbonyl (C=O) groups excluding carboxylic acids is 9. The average Bonchev–Trinajstić information content (AvgIpc) is 1.61. The molecular formula is C75H100F2N4O20. The predicted molar refractivity (Wildman–Crippen MR) is 367 cm³/mol. The zero-order valence-electron chi connectivity index (χ0n) is 61.0. The number of carboxylic acid groups (broad SMARTS) is 1. The topological polar surface area (TPSA) is 287 Å². The number of halogens is 2. The number of rotatable bonds is 28. The average molecular weight is 1420 g/mol. The lowest BCUT2D eigenvalue weighted by Gasteiger charge is -2.33. The number of hydrogen-bond donors (Lipinski definition) is 1. The second kappa shape index (κ2) is 34.3. The van der Waals surface area contributed by atoms with E-state index >= 15 is 4.39 Å². The van der Waals surface area contributed by atoms with Crippen LogP contribution in [0, 0.1) is 0 Å². The minimum absolute atomic E-state index is 0.0491. The Bertz CT molecular complexity index is 3490. The fraction of sp³-hybridized carbons (Fsp3) is 0.573. The van der Waals surface area contributed by atoms with Crippen molar-refractivity contribution in [1.29, 1.82) is 0 Å². The molecule has 1 N–H and O–H groups in total. The van der Waals surface area contributed by atoms with Crippen molar-refractivity contribution in [2.45, 2.75) is 224 Å². The summed E-state index contributed by atoms with van der Waals surface area (Å²) in [5.74, 6) is -7.68. The smallest absolute Gasteiger partial charge is 0.410 e. The van der Waals surface area contributed by atoms with Gasteiger partial charge in [-0.2, -0.15) is 0 Å². The second-order valence-corrected chi connectivity index (χ2v) is 29.2. The van der Waals surface area contributed by atoms with Gasteiger partial charge in [0.15, 0.2) is 12.2 Å². The molecule has 3 aromatic carbocycles. The number of likely N-dealkylation sites (N-methyl/N-ethyl adjacent to an activating group) is 4. The minimum Gasteiger partial charge on any atom is -0.478 e. The lowest BCUT2D eigenvalue weighted by atomic mass is 9.98. The fourth-order valence-corrected chi connectivity index (χ4v) is 11.1. The summed E-state index contributed by atoms with van der Waals surface area (Å²) < 4.78 is 79.4. The fourth-order valence-electron chi connectivity index (χ4n) is 11.1. The van der Waals surface area contributed by atoms with E-state index in [1.165, 1.54) is 74.6 Å². The van der Waals surface area contributed by atoms with Crippen molar-refractivity contribution >= 4 is 71.0 Å². The summed E-state index contributed by atoms with van der Waals surface area (Å²) >= 11 is 0. The van der Waals surface area contributed by atoms with E-state index in [0.29, 0.717) is 63.2 Å². The summed E-state index contributed by atoms with van der Waals surface area (Å²) in [6, 6.07) is 20.7. The molecule has 24 nitrogen and oxygen atoms in total. The maximum absolute atomic E-state index is 15.2. The summed E-state index contributed by atoms with van der Waals surface area (Å²) in [4.78, 5) is 136. The van der Waals surface area contributed by atoms with Gasteiger partial charge in [-0.3, -0.25) is 19.4 Å². The summed E-state index contributed by atoms with van der Waals surface area (Å²) in [5.41, 5.74) is -1.86. The van der Waals surface area contributed by atoms with Crippen molar-refractivity contribution in [2.24, 2.45) is 0 Å². The van der Waals surface area contributed by atoms with Gasteiger partial charge in [-0.05, 0) is 161 Å². The van der Waals surface area contributed by atoms with Gasteiger partial charge in [-0.15, -0.1) is 0 Å². The SMILES string of the molecule is C[C@@H](OC(=O)C1(N(C)C(=O)OC(C)(C)C)CC1)C(=O)N(C)[C@@H](CC(C)(C)F)C(=O)O[C@H](Cc1ccc(C2=CCOCC2)cc1)C(=O)O.C[C@@H](OC(=O)C1(N(C)C(=O)OC(C)(C)C)CC1)C(=O)N(C)[C@@H](CC(C)(C)F)C(=O)O[C@H](Cc1ccc(C2=CCOCC2)cc1)C(=O)OCc1ccccc1. The van der Waals surface area contributed by atoms with E-state index in [0.717, 1.165) is 55.4 Å². The molecule has 4 amide bonds. The molecule has 0 bridgehead atoms. The van der Waals surface area contributed by atoms with Gasteiger partial charge in [0.1, 0.15) is 52.3 Å². The van der Waals surface area contributed by atoms with Crippen LogP contribution in [0.1, 0.15) is 162 Å². The van der Waals surface area contributed by atoms with E-state index in [1.807, 2.05) is 54.6 Å². The molecule has 554 valence electrons. The highest BCUT2D eigenvalue weighted by molar-refractivity contribution is 5.94. The molecule has 0 spiro atoms. The van der Waals surface area contributed by atoms with Crippen LogP contribution in [-0.2, 0) is 100 Å². The number of nitrogens with zero attached hydrogens (tertiary/aromatic N) is 4. The Morgan fingerprint density at radius 2 is 0.871 bits per heavy atom. The Hall–Kier alpha value is -8.78. The predicted octanol–water partition coefficient (Wildman–Crippen LogP) is 10.3. The molecule has 101 heavy (non-hydrogen) atoms. The summed E-state index contributed by atoms with van der Waals surface area (Å²) in [5, 5.41) is 9.87. The van der Waals surface area contributed by atoms with Gasteiger partial charge < -0.3 is 57.5 Å². The molecular weight excluding hydrogens is 1310 g/mol. The highest BCUT2D eigenvalue weighted by atomic mass is 19.1. The molecule has 2 saturated carbocycles. The van der Waals surface area contributed by atoms with Crippen LogP contribution in [0.3, 0.4) is 0 Å². The molecule has 2 heterocycles. The Balaban J connectivity index is 0.000000321. The number of benzene rings is 3. The first-order valence-electron chi connectivity index (χ1n) is 33.9. The summed E-state index contributed by atoms with van der Waals surface area (Å²) in [6.07, 6.45) is -1.79. The highest BCUT2D eigenvalue weighted by Crippen LogP contribution is 2.44. The zero-order chi connectivity index (χ0) is 75.2. The number of amides is 4. The van der Waals surface area contributed by atoms with Gasteiger partial charge >= 0.3 is 48.0 Å². The Morgan fingerprint density at radius 1 is 0.505 bits per heavy atom. The van der Waals surface area contributed by atoms with Gasteiger partial charge in [0.2, 0.25) is 12.2 Å². The number of carboxylic acids is 1. The van der Waals surface area contributed by atoms with E-state index in [9.17, 15) is 57.4 Å². The monoisotopic (exact) mass is 1410 g/mol. The number of hydrogen-bond acceptors (Lipinski definition) is 19. The third-order valence-electron chi connectivity index (χ3n) is 17.3. The van der Waals surface area contributed by atoms with Crippen LogP contribution in [0.2, 0.25) is 0 Å². The lowest BCUT2D eigenvalue weighted by Crippen LogP contribution is -2.52. The first kappa shape index (κ1) is 81.2. The lowest BCUT2D eigenvalue weighted by molar-refractivity contribution is -0.175. The van der Waals surface area contributed by atoms with Crippen molar-refractivity contribution in [1.82, 2.24) is 19.6 Å². The highest BCUT2D eigenvalue weighted by Gasteiger charge is 2.59. The molecule has 0 saturated heterocycles. The maximum atomic E-state index is 15.2. The van der Waals surface area contributed by atoms with Crippen molar-refractivity contribution in [3.05, 3.63) is 119 Å². The quantitative estimate of drug-likeness (QED) is 0.0522. The van der Waals surface area contributed by atoms with Crippen LogP contribution in [0.25, 0.3) is 11.1 Å². The Morgan fingerprint density at radius 3 is 1.20 bits per heavy atom. The minimum atomic E-state index is -1.96. The largest absolute Gasteiger partial charge is 0.478 e. The zero-order valence-corrected chi connectivity index (χ0v) is 61.0. The molecule has 3 aromatic rings. The van der Waals surface area contributed by atoms with Gasteiger partial charge in [-0.25, -0.2) is 47.1 Å². The number of ether oxygens (including phenoxy) is 9. The molecule has 2 fully saturated rings. The van der Waals surface area contributed by atoms with E-state index in [1.54, 1.807) is 77.9 Å². The summed E-state index contributed by atoms with van der Waals surface area (Å²) in [7, 11) is 5.34. The molecule has 2 aliphatic heterocycles. The van der Waals surface area contributed by atoms with Crippen LogP contribution in [0.15, 0.2) is 91.0 Å². The normalized spacial score (nSPS) is 17.2. The molecule has 26 heteroatoms. The van der Waals surface area contributed by atoms with Crippen LogP contribution in [0.5, 0.6) is 0 Å². The summed E-state index contributed by atoms with van der Waals surface area (Å²) in [6.45, 7) is 19.9. The Kier molecular flexibility index (Phi) is 27.5. The van der Waals surface area contributed by atoms with Crippen LogP contribution < -0.4 is 0 Å². The molecule has 0 aromatic heterocycles. The number of aliphatic carboxylic acids is 1. The van der Waals surface area contributed by atoms with Crippen LogP contribution >= 0.6 is 0 Å². The van der Waals surface area contributed by atoms with Crippen molar-refractivity contribution < 1.29 is 104 Å². The number of alkyl halides is 2. The third kappa shape index (κ3) is 23.9. The number of esters is 5. The van der Waals surface area contributed by atoms with E-state index in [-0.39, 0.29) is 19.4 Å². The standard InChI is InChI=1S/C41H53FN2O10.C34H47FN2O10/c1-27(52-37(48)41(20-21-41)44(8)38(49)54-39(2,3)4)34(45)43(7)32(25-40(5,6)42)35(46)53-33(36(47)51-26-29-12-10-9-11-13-29)24-28-14-16-30(17-15-28)31-18-22-50-23-19-31;1-21(45-30(42)34(15-16-34)37(8)31(43)47-32(2,3)4)27(38)36(7)25(20-33(5,6)35)29(41)46-26(28(39)40)19-22-9-11-23(12-10-22)24-13-17-44-18-14-24/h9-18,27,32-33H,19-26H2,1-8H3;9-13,21,25-26H,14-20H2,1-8H3,(H,39,40)/t27-,32+,33-;21-,25+,26-/m11/s1. The number of carbonyl (C=O) groups is 10. The van der Waals surface area contributed by atoms with Crippen molar-refractivity contribution in [2.75, 3.05) is 54.6 Å². The van der Waals surface area contributed by atoms with E-state index in [4.69, 9.17) is 42.6 Å². The van der Waals surface area contributed by atoms with Gasteiger partial charge in [0, 0.05) is 53.9 Å². The molecule has 6 atom stereocenters. The van der Waals surface area contributed by atoms with Gasteiger partial charge in [0.05, 0.1) is 26.4 Å². The molecule has 0 unspecified atom stereocenters. The van der Waals surface area contributed by atoms with Crippen molar-refractivity contribution in [3.8, 4) is 0 Å².